The van der Waals surface area contributed by atoms with E-state index in [0.29, 0.717) is 25.1 Å². The monoisotopic (exact) mass is 272 g/mol. The van der Waals surface area contributed by atoms with Crippen LogP contribution in [0.25, 0.3) is 0 Å². The van der Waals surface area contributed by atoms with E-state index in [-0.39, 0.29) is 0 Å². The summed E-state index contributed by atoms with van der Waals surface area (Å²) in [5.74, 6) is -0.734. The van der Waals surface area contributed by atoms with Gasteiger partial charge in [-0.15, -0.1) is 0 Å². The molecule has 1 aliphatic carbocycles. The number of nitrogens with zero attached hydrogens (tertiary/aromatic N) is 1. The molecule has 5 nitrogen and oxygen atoms in total. The van der Waals surface area contributed by atoms with Crippen LogP contribution in [0.5, 0.6) is 0 Å². The molecule has 1 saturated carbocycles. The second-order valence-corrected chi connectivity index (χ2v) is 5.41. The molecule has 2 N–H and O–H groups in total. The van der Waals surface area contributed by atoms with E-state index in [1.807, 2.05) is 0 Å². The van der Waals surface area contributed by atoms with Gasteiger partial charge in [0.2, 0.25) is 0 Å². The van der Waals surface area contributed by atoms with Crippen molar-refractivity contribution in [3.8, 4) is 0 Å². The van der Waals surface area contributed by atoms with Gasteiger partial charge in [0.25, 0.3) is 0 Å². The molecule has 1 rings (SSSR count). The first-order chi connectivity index (χ1) is 9.08. The highest BCUT2D eigenvalue weighted by molar-refractivity contribution is 5.73. The van der Waals surface area contributed by atoms with Gasteiger partial charge in [-0.25, -0.2) is 0 Å². The predicted molar refractivity (Wildman–Crippen MR) is 75.4 cm³/mol. The smallest absolute Gasteiger partial charge is 0.320 e. The Kier molecular flexibility index (Phi) is 7.34. The maximum absolute atomic E-state index is 11.2. The largest absolute Gasteiger partial charge is 0.480 e. The van der Waals surface area contributed by atoms with Crippen LogP contribution in [0, 0.1) is 0 Å². The maximum atomic E-state index is 11.2. The summed E-state index contributed by atoms with van der Waals surface area (Å²) in [5, 5.41) is 12.4. The topological polar surface area (TPSA) is 61.8 Å². The van der Waals surface area contributed by atoms with Crippen molar-refractivity contribution in [2.45, 2.75) is 57.7 Å². The van der Waals surface area contributed by atoms with E-state index in [1.54, 1.807) is 7.11 Å². The van der Waals surface area contributed by atoms with Crippen molar-refractivity contribution in [1.29, 1.82) is 0 Å². The molecule has 112 valence electrons. The maximum Gasteiger partial charge on any atom is 0.320 e. The minimum atomic E-state index is -0.734. The Morgan fingerprint density at radius 3 is 2.63 bits per heavy atom. The number of rotatable bonds is 11. The Balaban J connectivity index is 2.39. The van der Waals surface area contributed by atoms with Crippen LogP contribution in [-0.2, 0) is 9.53 Å². The third-order valence-electron chi connectivity index (χ3n) is 3.81. The average molecular weight is 272 g/mol. The molecule has 0 saturated heterocycles. The molecule has 2 atom stereocenters. The van der Waals surface area contributed by atoms with Crippen LogP contribution in [0.4, 0.5) is 0 Å². The van der Waals surface area contributed by atoms with Gasteiger partial charge in [-0.05, 0) is 32.6 Å². The number of aliphatic carboxylic acids is 1. The van der Waals surface area contributed by atoms with Crippen LogP contribution in [0.2, 0.25) is 0 Å². The van der Waals surface area contributed by atoms with Crippen LogP contribution >= 0.6 is 0 Å². The fraction of sp³-hybridized carbons (Fsp3) is 0.929. The Morgan fingerprint density at radius 1 is 1.47 bits per heavy atom. The Morgan fingerprint density at radius 2 is 2.16 bits per heavy atom. The molecule has 0 radical (unpaired) electrons. The predicted octanol–water partition coefficient (Wildman–Crippen LogP) is 1.33. The molecule has 1 fully saturated rings. The SMILES string of the molecule is CCC(C)N(CCOC)CCC(NC1CC1)C(=O)O. The number of nitrogens with one attached hydrogen (secondary N) is 1. The summed E-state index contributed by atoms with van der Waals surface area (Å²) in [6.45, 7) is 6.69. The Labute approximate surface area is 116 Å². The van der Waals surface area contributed by atoms with Gasteiger partial charge < -0.3 is 15.2 Å². The first kappa shape index (κ1) is 16.4. The van der Waals surface area contributed by atoms with Crippen molar-refractivity contribution in [1.82, 2.24) is 10.2 Å². The van der Waals surface area contributed by atoms with Crippen molar-refractivity contribution < 1.29 is 14.6 Å². The number of hydrogen-bond donors (Lipinski definition) is 2. The number of methoxy groups -OCH3 is 1. The van der Waals surface area contributed by atoms with E-state index in [2.05, 4.69) is 24.1 Å². The van der Waals surface area contributed by atoms with Gasteiger partial charge in [0.15, 0.2) is 0 Å². The number of carboxylic acid groups (broad SMARTS) is 1. The average Bonchev–Trinajstić information content (AvgIpc) is 3.20. The zero-order chi connectivity index (χ0) is 14.3. The van der Waals surface area contributed by atoms with Crippen LogP contribution < -0.4 is 5.32 Å². The molecule has 0 aromatic rings. The number of hydrogen-bond acceptors (Lipinski definition) is 4. The molecule has 0 bridgehead atoms. The zero-order valence-electron chi connectivity index (χ0n) is 12.4. The lowest BCUT2D eigenvalue weighted by atomic mass is 10.1. The van der Waals surface area contributed by atoms with Crippen molar-refractivity contribution in [2.24, 2.45) is 0 Å². The van der Waals surface area contributed by atoms with Gasteiger partial charge in [0.1, 0.15) is 6.04 Å². The van der Waals surface area contributed by atoms with Gasteiger partial charge in [-0.2, -0.15) is 0 Å². The van der Waals surface area contributed by atoms with Crippen LogP contribution in [-0.4, -0.2) is 60.9 Å². The molecular weight excluding hydrogens is 244 g/mol. The third-order valence-corrected chi connectivity index (χ3v) is 3.81. The van der Waals surface area contributed by atoms with Crippen molar-refractivity contribution >= 4 is 5.97 Å². The Hall–Kier alpha value is -0.650. The number of carbonyl (C=O) groups is 1. The van der Waals surface area contributed by atoms with Crippen molar-refractivity contribution in [3.63, 3.8) is 0 Å². The lowest BCUT2D eigenvalue weighted by Gasteiger charge is -2.29. The molecule has 0 spiro atoms. The molecule has 0 aliphatic heterocycles. The lowest BCUT2D eigenvalue weighted by molar-refractivity contribution is -0.139. The summed E-state index contributed by atoms with van der Waals surface area (Å²) in [7, 11) is 1.70. The molecule has 0 heterocycles. The fourth-order valence-corrected chi connectivity index (χ4v) is 2.13. The van der Waals surface area contributed by atoms with Gasteiger partial charge >= 0.3 is 5.97 Å². The number of ether oxygens (including phenoxy) is 1. The summed E-state index contributed by atoms with van der Waals surface area (Å²) in [4.78, 5) is 13.5. The van der Waals surface area contributed by atoms with Crippen LogP contribution in [0.3, 0.4) is 0 Å². The minimum Gasteiger partial charge on any atom is -0.480 e. The van der Waals surface area contributed by atoms with Gasteiger partial charge in [-0.1, -0.05) is 6.92 Å². The standard InChI is InChI=1S/C14H28N2O3/c1-4-11(2)16(9-10-19-3)8-7-13(14(17)18)15-12-5-6-12/h11-13,15H,4-10H2,1-3H3,(H,17,18). The molecule has 0 aromatic heterocycles. The summed E-state index contributed by atoms with van der Waals surface area (Å²) in [6, 6.07) is 0.476. The summed E-state index contributed by atoms with van der Waals surface area (Å²) in [5.41, 5.74) is 0. The van der Waals surface area contributed by atoms with E-state index < -0.39 is 12.0 Å². The molecule has 19 heavy (non-hydrogen) atoms. The highest BCUT2D eigenvalue weighted by Gasteiger charge is 2.28. The second-order valence-electron chi connectivity index (χ2n) is 5.41. The summed E-state index contributed by atoms with van der Waals surface area (Å²) in [6.07, 6.45) is 3.95. The van der Waals surface area contributed by atoms with Crippen LogP contribution in [0.1, 0.15) is 39.5 Å². The van der Waals surface area contributed by atoms with Crippen molar-refractivity contribution in [3.05, 3.63) is 0 Å². The highest BCUT2D eigenvalue weighted by Crippen LogP contribution is 2.20. The van der Waals surface area contributed by atoms with E-state index in [4.69, 9.17) is 4.74 Å². The molecule has 0 aromatic carbocycles. The summed E-state index contributed by atoms with van der Waals surface area (Å²) >= 11 is 0. The van der Waals surface area contributed by atoms with E-state index in [9.17, 15) is 9.90 Å². The first-order valence-electron chi connectivity index (χ1n) is 7.30. The zero-order valence-corrected chi connectivity index (χ0v) is 12.4. The molecule has 2 unspecified atom stereocenters. The van der Waals surface area contributed by atoms with Gasteiger partial charge in [0, 0.05) is 32.3 Å². The molecule has 0 amide bonds. The van der Waals surface area contributed by atoms with E-state index >= 15 is 0 Å². The fourth-order valence-electron chi connectivity index (χ4n) is 2.13. The van der Waals surface area contributed by atoms with Crippen molar-refractivity contribution in [2.75, 3.05) is 26.8 Å². The van der Waals surface area contributed by atoms with Gasteiger partial charge in [-0.3, -0.25) is 9.69 Å². The van der Waals surface area contributed by atoms with Gasteiger partial charge in [0.05, 0.1) is 6.61 Å². The molecular formula is C14H28N2O3. The number of carboxylic acids is 1. The lowest BCUT2D eigenvalue weighted by Crippen LogP contribution is -2.43. The summed E-state index contributed by atoms with van der Waals surface area (Å²) < 4.78 is 5.12. The van der Waals surface area contributed by atoms with E-state index in [0.717, 1.165) is 32.4 Å². The van der Waals surface area contributed by atoms with E-state index in [1.165, 1.54) is 0 Å². The first-order valence-corrected chi connectivity index (χ1v) is 7.30. The molecule has 1 aliphatic rings. The normalized spacial score (nSPS) is 18.5. The Bertz CT molecular complexity index is 269. The quantitative estimate of drug-likeness (QED) is 0.594. The minimum absolute atomic E-state index is 0.415. The third kappa shape index (κ3) is 6.36. The molecule has 5 heteroatoms. The van der Waals surface area contributed by atoms with Crippen LogP contribution in [0.15, 0.2) is 0 Å². The highest BCUT2D eigenvalue weighted by atomic mass is 16.5. The second kappa shape index (κ2) is 8.51.